The summed E-state index contributed by atoms with van der Waals surface area (Å²) in [5.41, 5.74) is 0.536. The summed E-state index contributed by atoms with van der Waals surface area (Å²) in [4.78, 5) is 21.1. The number of amides is 1. The van der Waals surface area contributed by atoms with E-state index in [2.05, 4.69) is 25.8 Å². The molecule has 3 rings (SSSR count). The Bertz CT molecular complexity index is 476. The van der Waals surface area contributed by atoms with Crippen LogP contribution in [0.1, 0.15) is 29.8 Å². The molecule has 2 heterocycles. The smallest absolute Gasteiger partial charge is 0.272 e. The van der Waals surface area contributed by atoms with Gasteiger partial charge in [0.1, 0.15) is 10.3 Å². The highest BCUT2D eigenvalue weighted by Crippen LogP contribution is 2.27. The summed E-state index contributed by atoms with van der Waals surface area (Å²) in [6, 6.07) is 6.28. The predicted molar refractivity (Wildman–Crippen MR) is 77.1 cm³/mol. The molecule has 1 saturated carbocycles. The van der Waals surface area contributed by atoms with Gasteiger partial charge in [-0.3, -0.25) is 9.69 Å². The molecule has 0 aromatic carbocycles. The Morgan fingerprint density at radius 3 is 2.79 bits per heavy atom. The van der Waals surface area contributed by atoms with Crippen molar-refractivity contribution in [3.8, 4) is 0 Å². The van der Waals surface area contributed by atoms with Gasteiger partial charge in [0.2, 0.25) is 0 Å². The summed E-state index contributed by atoms with van der Waals surface area (Å²) in [5, 5.41) is 0. The van der Waals surface area contributed by atoms with Gasteiger partial charge < -0.3 is 4.90 Å². The average Bonchev–Trinajstić information content (AvgIpc) is 3.23. The molecule has 102 valence electrons. The van der Waals surface area contributed by atoms with Crippen LogP contribution in [-0.4, -0.2) is 52.9 Å². The van der Waals surface area contributed by atoms with E-state index in [1.54, 1.807) is 6.07 Å². The van der Waals surface area contributed by atoms with Crippen LogP contribution in [0.4, 0.5) is 0 Å². The fourth-order valence-electron chi connectivity index (χ4n) is 2.63. The minimum atomic E-state index is 0.0546. The first-order chi connectivity index (χ1) is 9.24. The third-order valence-electron chi connectivity index (χ3n) is 3.82. The summed E-state index contributed by atoms with van der Waals surface area (Å²) in [6.07, 6.45) is 3.73. The van der Waals surface area contributed by atoms with Crippen LogP contribution in [0, 0.1) is 0 Å². The van der Waals surface area contributed by atoms with Crippen molar-refractivity contribution in [1.29, 1.82) is 0 Å². The molecular weight excluding hydrogens is 306 g/mol. The van der Waals surface area contributed by atoms with Crippen LogP contribution in [0.3, 0.4) is 0 Å². The van der Waals surface area contributed by atoms with Crippen LogP contribution in [0.25, 0.3) is 0 Å². The second-order valence-corrected chi connectivity index (χ2v) is 6.07. The quantitative estimate of drug-likeness (QED) is 0.782. The minimum Gasteiger partial charge on any atom is -0.336 e. The Hall–Kier alpha value is -0.940. The summed E-state index contributed by atoms with van der Waals surface area (Å²) in [7, 11) is 0. The van der Waals surface area contributed by atoms with Gasteiger partial charge in [-0.1, -0.05) is 6.07 Å². The largest absolute Gasteiger partial charge is 0.336 e. The Balaban J connectivity index is 1.66. The maximum Gasteiger partial charge on any atom is 0.272 e. The van der Waals surface area contributed by atoms with Gasteiger partial charge in [-0.2, -0.15) is 0 Å². The number of hydrogen-bond donors (Lipinski definition) is 0. The molecule has 0 unspecified atom stereocenters. The van der Waals surface area contributed by atoms with Gasteiger partial charge in [-0.05, 0) is 47.3 Å². The first kappa shape index (κ1) is 13.1. The number of carbonyl (C=O) groups excluding carboxylic acids is 1. The normalized spacial score (nSPS) is 21.2. The first-order valence-electron chi connectivity index (χ1n) is 6.90. The molecule has 1 aromatic heterocycles. The molecular formula is C14H18BrN3O. The van der Waals surface area contributed by atoms with Crippen molar-refractivity contribution >= 4 is 21.8 Å². The van der Waals surface area contributed by atoms with E-state index in [0.717, 1.165) is 38.6 Å². The molecule has 0 bridgehead atoms. The molecule has 5 heteroatoms. The van der Waals surface area contributed by atoms with Gasteiger partial charge >= 0.3 is 0 Å². The Labute approximate surface area is 121 Å². The van der Waals surface area contributed by atoms with E-state index in [0.29, 0.717) is 10.3 Å². The lowest BCUT2D eigenvalue weighted by molar-refractivity contribution is 0.0755. The van der Waals surface area contributed by atoms with Crippen molar-refractivity contribution in [1.82, 2.24) is 14.8 Å². The molecule has 0 radical (unpaired) electrons. The third kappa shape index (κ3) is 3.15. The fourth-order valence-corrected chi connectivity index (χ4v) is 2.98. The lowest BCUT2D eigenvalue weighted by Gasteiger charge is -2.21. The van der Waals surface area contributed by atoms with Gasteiger partial charge in [0.05, 0.1) is 0 Å². The molecule has 1 aliphatic carbocycles. The van der Waals surface area contributed by atoms with Crippen LogP contribution >= 0.6 is 15.9 Å². The molecule has 2 aliphatic rings. The molecule has 0 spiro atoms. The average molecular weight is 324 g/mol. The van der Waals surface area contributed by atoms with Gasteiger partial charge in [0, 0.05) is 32.2 Å². The highest BCUT2D eigenvalue weighted by Gasteiger charge is 2.31. The van der Waals surface area contributed by atoms with E-state index in [1.165, 1.54) is 12.8 Å². The number of aromatic nitrogens is 1. The zero-order chi connectivity index (χ0) is 13.2. The van der Waals surface area contributed by atoms with Crippen LogP contribution in [-0.2, 0) is 0 Å². The van der Waals surface area contributed by atoms with Crippen LogP contribution < -0.4 is 0 Å². The van der Waals surface area contributed by atoms with Crippen molar-refractivity contribution in [3.05, 3.63) is 28.5 Å². The second kappa shape index (κ2) is 5.59. The molecule has 0 N–H and O–H groups in total. The van der Waals surface area contributed by atoms with E-state index in [4.69, 9.17) is 0 Å². The zero-order valence-electron chi connectivity index (χ0n) is 10.9. The number of pyridine rings is 1. The molecule has 2 fully saturated rings. The van der Waals surface area contributed by atoms with Crippen LogP contribution in [0.15, 0.2) is 22.8 Å². The van der Waals surface area contributed by atoms with E-state index in [9.17, 15) is 4.79 Å². The highest BCUT2D eigenvalue weighted by molar-refractivity contribution is 9.10. The number of carbonyl (C=O) groups is 1. The third-order valence-corrected chi connectivity index (χ3v) is 4.26. The van der Waals surface area contributed by atoms with Crippen molar-refractivity contribution in [3.63, 3.8) is 0 Å². The molecule has 19 heavy (non-hydrogen) atoms. The molecule has 0 atom stereocenters. The molecule has 1 aliphatic heterocycles. The maximum absolute atomic E-state index is 12.4. The van der Waals surface area contributed by atoms with E-state index < -0.39 is 0 Å². The van der Waals surface area contributed by atoms with Crippen LogP contribution in [0.2, 0.25) is 0 Å². The summed E-state index contributed by atoms with van der Waals surface area (Å²) >= 11 is 3.32. The summed E-state index contributed by atoms with van der Waals surface area (Å²) < 4.78 is 0.716. The van der Waals surface area contributed by atoms with Crippen molar-refractivity contribution in [2.24, 2.45) is 0 Å². The minimum absolute atomic E-state index is 0.0546. The summed E-state index contributed by atoms with van der Waals surface area (Å²) in [5.74, 6) is 0.0546. The van der Waals surface area contributed by atoms with Gasteiger partial charge in [0.15, 0.2) is 0 Å². The first-order valence-corrected chi connectivity index (χ1v) is 7.69. The van der Waals surface area contributed by atoms with Crippen LogP contribution in [0.5, 0.6) is 0 Å². The Morgan fingerprint density at radius 2 is 2.05 bits per heavy atom. The van der Waals surface area contributed by atoms with E-state index in [1.807, 2.05) is 17.0 Å². The lowest BCUT2D eigenvalue weighted by Crippen LogP contribution is -2.36. The topological polar surface area (TPSA) is 36.4 Å². The number of nitrogens with zero attached hydrogens (tertiary/aromatic N) is 3. The van der Waals surface area contributed by atoms with Crippen molar-refractivity contribution in [2.75, 3.05) is 26.2 Å². The molecule has 1 aromatic rings. The SMILES string of the molecule is O=C(c1cccc(Br)n1)N1CCCN(C2CC2)CC1. The highest BCUT2D eigenvalue weighted by atomic mass is 79.9. The maximum atomic E-state index is 12.4. The predicted octanol–water partition coefficient (Wildman–Crippen LogP) is 2.15. The van der Waals surface area contributed by atoms with Gasteiger partial charge in [0.25, 0.3) is 5.91 Å². The zero-order valence-corrected chi connectivity index (χ0v) is 12.5. The van der Waals surface area contributed by atoms with E-state index in [-0.39, 0.29) is 5.91 Å². The monoisotopic (exact) mass is 323 g/mol. The molecule has 4 nitrogen and oxygen atoms in total. The Kier molecular flexibility index (Phi) is 3.84. The standard InChI is InChI=1S/C14H18BrN3O/c15-13-4-1-3-12(16-13)14(19)18-8-2-7-17(9-10-18)11-5-6-11/h1,3-4,11H,2,5-10H2. The summed E-state index contributed by atoms with van der Waals surface area (Å²) in [6.45, 7) is 3.80. The Morgan fingerprint density at radius 1 is 1.21 bits per heavy atom. The van der Waals surface area contributed by atoms with Gasteiger partial charge in [-0.15, -0.1) is 0 Å². The molecule has 1 amide bonds. The number of halogens is 1. The van der Waals surface area contributed by atoms with Gasteiger partial charge in [-0.25, -0.2) is 4.98 Å². The van der Waals surface area contributed by atoms with Crippen molar-refractivity contribution < 1.29 is 4.79 Å². The second-order valence-electron chi connectivity index (χ2n) is 5.26. The number of hydrogen-bond acceptors (Lipinski definition) is 3. The number of rotatable bonds is 2. The van der Waals surface area contributed by atoms with E-state index >= 15 is 0 Å². The van der Waals surface area contributed by atoms with Crippen molar-refractivity contribution in [2.45, 2.75) is 25.3 Å². The molecule has 1 saturated heterocycles. The lowest BCUT2D eigenvalue weighted by atomic mass is 10.3. The fraction of sp³-hybridized carbons (Fsp3) is 0.571.